The van der Waals surface area contributed by atoms with Crippen molar-refractivity contribution in [1.82, 2.24) is 19.7 Å². The first kappa shape index (κ1) is 24.3. The molecule has 0 saturated heterocycles. The van der Waals surface area contributed by atoms with Gasteiger partial charge in [0.1, 0.15) is 0 Å². The summed E-state index contributed by atoms with van der Waals surface area (Å²) in [5, 5.41) is 11.9. The number of amides is 1. The molecule has 0 saturated carbocycles. The normalized spacial score (nSPS) is 11.9. The molecule has 0 aliphatic heterocycles. The zero-order valence-corrected chi connectivity index (χ0v) is 20.9. The maximum Gasteiger partial charge on any atom is 0.226 e. The molecule has 2 aromatic heterocycles. The number of aryl methyl sites for hydroxylation is 1. The van der Waals surface area contributed by atoms with Gasteiger partial charge in [-0.15, -0.1) is 10.2 Å². The number of rotatable bonds is 8. The highest BCUT2D eigenvalue weighted by Gasteiger charge is 2.23. The van der Waals surface area contributed by atoms with Crippen LogP contribution in [0.3, 0.4) is 0 Å². The van der Waals surface area contributed by atoms with E-state index in [0.29, 0.717) is 22.2 Å². The number of hydrogen-bond acceptors (Lipinski definition) is 6. The van der Waals surface area contributed by atoms with Crippen LogP contribution >= 0.6 is 11.8 Å². The van der Waals surface area contributed by atoms with Gasteiger partial charge in [0.25, 0.3) is 0 Å². The van der Waals surface area contributed by atoms with Crippen LogP contribution in [0.5, 0.6) is 0 Å². The Labute approximate surface area is 209 Å². The number of hydrogen-bond donors (Lipinski definition) is 1. The van der Waals surface area contributed by atoms with Crippen LogP contribution in [-0.4, -0.2) is 36.7 Å². The number of nitrogens with zero attached hydrogens (tertiary/aromatic N) is 4. The average molecular weight is 486 g/mol. The largest absolute Gasteiger partial charge is 0.326 e. The van der Waals surface area contributed by atoms with E-state index in [1.165, 1.54) is 11.8 Å². The van der Waals surface area contributed by atoms with Gasteiger partial charge < -0.3 is 5.32 Å². The number of pyridine rings is 1. The summed E-state index contributed by atoms with van der Waals surface area (Å²) in [7, 11) is 0. The Morgan fingerprint density at radius 3 is 2.17 bits per heavy atom. The summed E-state index contributed by atoms with van der Waals surface area (Å²) in [6.07, 6.45) is 3.44. The predicted octanol–water partition coefficient (Wildman–Crippen LogP) is 5.60. The van der Waals surface area contributed by atoms with Crippen LogP contribution in [0.4, 0.5) is 5.69 Å². The number of carbonyl (C=O) groups excluding carboxylic acids is 2. The lowest BCUT2D eigenvalue weighted by Gasteiger charge is -2.14. The topological polar surface area (TPSA) is 89.8 Å². The van der Waals surface area contributed by atoms with Crippen LogP contribution < -0.4 is 5.32 Å². The molecule has 2 aromatic carbocycles. The van der Waals surface area contributed by atoms with Crippen molar-refractivity contribution in [3.63, 3.8) is 0 Å². The average Bonchev–Trinajstić information content (AvgIpc) is 3.28. The van der Waals surface area contributed by atoms with Gasteiger partial charge >= 0.3 is 0 Å². The van der Waals surface area contributed by atoms with Crippen LogP contribution in [-0.2, 0) is 4.79 Å². The van der Waals surface area contributed by atoms with Crippen molar-refractivity contribution < 1.29 is 9.59 Å². The monoisotopic (exact) mass is 485 g/mol. The summed E-state index contributed by atoms with van der Waals surface area (Å²) in [5.41, 5.74) is 4.20. The number of Topliss-reactive ketones (excluding diaryl/α,β-unsaturated/α-hetero) is 1. The third-order valence-corrected chi connectivity index (χ3v) is 6.52. The number of benzene rings is 2. The van der Waals surface area contributed by atoms with Crippen molar-refractivity contribution in [2.45, 2.75) is 38.1 Å². The number of thioether (sulfide) groups is 1. The molecule has 1 amide bonds. The highest BCUT2D eigenvalue weighted by atomic mass is 32.2. The van der Waals surface area contributed by atoms with Crippen molar-refractivity contribution in [2.24, 2.45) is 5.92 Å². The summed E-state index contributed by atoms with van der Waals surface area (Å²) >= 11 is 1.36. The van der Waals surface area contributed by atoms with E-state index in [1.807, 2.05) is 68.7 Å². The Hall–Kier alpha value is -3.78. The Morgan fingerprint density at radius 1 is 0.886 bits per heavy atom. The Balaban J connectivity index is 1.59. The fraction of sp³-hybridized carbons (Fsp3) is 0.222. The molecule has 1 atom stereocenters. The molecule has 1 N–H and O–H groups in total. The highest BCUT2D eigenvalue weighted by Crippen LogP contribution is 2.31. The second-order valence-electron chi connectivity index (χ2n) is 8.56. The van der Waals surface area contributed by atoms with Crippen molar-refractivity contribution in [3.05, 3.63) is 84.2 Å². The zero-order valence-electron chi connectivity index (χ0n) is 20.1. The van der Waals surface area contributed by atoms with Crippen LogP contribution in [0.15, 0.2) is 78.2 Å². The minimum Gasteiger partial charge on any atom is -0.326 e. The van der Waals surface area contributed by atoms with Crippen LogP contribution in [0.1, 0.15) is 36.7 Å². The molecule has 0 aliphatic rings. The summed E-state index contributed by atoms with van der Waals surface area (Å²) in [5.74, 6) is 0.480. The SMILES string of the molecule is Cc1ccc(-n2c(SC(C)C(=O)c3ccc(NC(=O)C(C)C)cc3)nnc2-c2ccncc2)cc1. The minimum atomic E-state index is -0.398. The first-order valence-corrected chi connectivity index (χ1v) is 12.3. The third-order valence-electron chi connectivity index (χ3n) is 5.48. The molecule has 8 heteroatoms. The number of nitrogens with one attached hydrogen (secondary N) is 1. The number of ketones is 1. The minimum absolute atomic E-state index is 0.0272. The fourth-order valence-corrected chi connectivity index (χ4v) is 4.36. The molecule has 0 aliphatic carbocycles. The molecule has 35 heavy (non-hydrogen) atoms. The second kappa shape index (κ2) is 10.7. The summed E-state index contributed by atoms with van der Waals surface area (Å²) in [4.78, 5) is 29.2. The fourth-order valence-electron chi connectivity index (χ4n) is 3.41. The van der Waals surface area contributed by atoms with Crippen molar-refractivity contribution in [3.8, 4) is 17.1 Å². The molecule has 1 unspecified atom stereocenters. The second-order valence-corrected chi connectivity index (χ2v) is 9.87. The first-order chi connectivity index (χ1) is 16.8. The maximum absolute atomic E-state index is 13.2. The lowest BCUT2D eigenvalue weighted by Crippen LogP contribution is -2.18. The number of carbonyl (C=O) groups is 2. The van der Waals surface area contributed by atoms with E-state index in [0.717, 1.165) is 16.8 Å². The number of aromatic nitrogens is 4. The first-order valence-electron chi connectivity index (χ1n) is 11.4. The molecule has 0 fully saturated rings. The van der Waals surface area contributed by atoms with Crippen LogP contribution in [0.25, 0.3) is 17.1 Å². The molecule has 4 rings (SSSR count). The summed E-state index contributed by atoms with van der Waals surface area (Å²) < 4.78 is 1.97. The molecule has 0 spiro atoms. The Bertz CT molecular complexity index is 1320. The van der Waals surface area contributed by atoms with Crippen LogP contribution in [0.2, 0.25) is 0 Å². The van der Waals surface area contributed by atoms with Gasteiger partial charge in [-0.05, 0) is 62.4 Å². The molecule has 0 radical (unpaired) electrons. The lowest BCUT2D eigenvalue weighted by atomic mass is 10.1. The van der Waals surface area contributed by atoms with Gasteiger partial charge in [0.05, 0.1) is 5.25 Å². The Morgan fingerprint density at radius 2 is 1.54 bits per heavy atom. The quantitative estimate of drug-likeness (QED) is 0.258. The van der Waals surface area contributed by atoms with E-state index < -0.39 is 5.25 Å². The maximum atomic E-state index is 13.2. The molecule has 2 heterocycles. The third kappa shape index (κ3) is 5.66. The summed E-state index contributed by atoms with van der Waals surface area (Å²) in [6.45, 7) is 7.57. The van der Waals surface area contributed by atoms with Crippen molar-refractivity contribution in [2.75, 3.05) is 5.32 Å². The summed E-state index contributed by atoms with van der Waals surface area (Å²) in [6, 6.07) is 18.9. The molecule has 4 aromatic rings. The zero-order chi connectivity index (χ0) is 24.9. The van der Waals surface area contributed by atoms with Crippen molar-refractivity contribution >= 4 is 29.1 Å². The van der Waals surface area contributed by atoms with Gasteiger partial charge in [-0.25, -0.2) is 0 Å². The van der Waals surface area contributed by atoms with Gasteiger partial charge in [-0.3, -0.25) is 19.1 Å². The van der Waals surface area contributed by atoms with Crippen LogP contribution in [0, 0.1) is 12.8 Å². The smallest absolute Gasteiger partial charge is 0.226 e. The lowest BCUT2D eigenvalue weighted by molar-refractivity contribution is -0.118. The van der Waals surface area contributed by atoms with E-state index in [-0.39, 0.29) is 17.6 Å². The molecular formula is C27H27N5O2S. The van der Waals surface area contributed by atoms with E-state index in [2.05, 4.69) is 20.5 Å². The van der Waals surface area contributed by atoms with E-state index >= 15 is 0 Å². The van der Waals surface area contributed by atoms with Gasteiger partial charge in [0, 0.05) is 40.8 Å². The molecule has 7 nitrogen and oxygen atoms in total. The van der Waals surface area contributed by atoms with Crippen molar-refractivity contribution in [1.29, 1.82) is 0 Å². The molecular weight excluding hydrogens is 458 g/mol. The predicted molar refractivity (Wildman–Crippen MR) is 139 cm³/mol. The van der Waals surface area contributed by atoms with Gasteiger partial charge in [-0.1, -0.05) is 43.3 Å². The van der Waals surface area contributed by atoms with E-state index in [4.69, 9.17) is 0 Å². The Kier molecular flexibility index (Phi) is 7.41. The van der Waals surface area contributed by atoms with Gasteiger partial charge in [0.2, 0.25) is 5.91 Å². The molecule has 178 valence electrons. The van der Waals surface area contributed by atoms with Gasteiger partial charge in [-0.2, -0.15) is 0 Å². The molecule has 0 bridgehead atoms. The standard InChI is InChI=1S/C27H27N5O2S/c1-17(2)26(34)29-22-9-7-20(8-10-22)24(33)19(4)35-27-31-30-25(21-13-15-28-16-14-21)32(27)23-11-5-18(3)6-12-23/h5-17,19H,1-4H3,(H,29,34). The highest BCUT2D eigenvalue weighted by molar-refractivity contribution is 8.00. The van der Waals surface area contributed by atoms with E-state index in [9.17, 15) is 9.59 Å². The van der Waals surface area contributed by atoms with Gasteiger partial charge in [0.15, 0.2) is 16.8 Å². The van der Waals surface area contributed by atoms with E-state index in [1.54, 1.807) is 36.7 Å². The number of anilines is 1.